The number of hydrogen-bond acceptors (Lipinski definition) is 4. The number of nitrogens with one attached hydrogen (secondary N) is 2. The van der Waals surface area contributed by atoms with Crippen molar-refractivity contribution in [2.24, 2.45) is 5.92 Å². The molecule has 0 aliphatic carbocycles. The summed E-state index contributed by atoms with van der Waals surface area (Å²) < 4.78 is 0. The molecule has 4 amide bonds. The van der Waals surface area contributed by atoms with Gasteiger partial charge in [-0.1, -0.05) is 13.8 Å². The molecule has 19 heavy (non-hydrogen) atoms. The molecule has 1 aliphatic heterocycles. The first-order valence-corrected chi connectivity index (χ1v) is 5.90. The third-order valence-electron chi connectivity index (χ3n) is 2.54. The van der Waals surface area contributed by atoms with Crippen LogP contribution in [-0.4, -0.2) is 53.0 Å². The molecule has 1 fully saturated rings. The largest absolute Gasteiger partial charge is 0.480 e. The highest BCUT2D eigenvalue weighted by Crippen LogP contribution is 2.05. The second-order valence-corrected chi connectivity index (χ2v) is 4.80. The molecule has 0 spiro atoms. The van der Waals surface area contributed by atoms with Crippen LogP contribution in [0.25, 0.3) is 0 Å². The fraction of sp³-hybridized carbons (Fsp3) is 0.636. The summed E-state index contributed by atoms with van der Waals surface area (Å²) in [5.41, 5.74) is 0. The lowest BCUT2D eigenvalue weighted by atomic mass is 10.0. The van der Waals surface area contributed by atoms with E-state index in [-0.39, 0.29) is 19.0 Å². The number of hydrogen-bond donors (Lipinski definition) is 3. The maximum atomic E-state index is 11.6. The van der Waals surface area contributed by atoms with E-state index < -0.39 is 29.9 Å². The predicted octanol–water partition coefficient (Wildman–Crippen LogP) is -0.846. The van der Waals surface area contributed by atoms with Gasteiger partial charge in [0, 0.05) is 0 Å². The highest BCUT2D eigenvalue weighted by atomic mass is 16.4. The van der Waals surface area contributed by atoms with Crippen molar-refractivity contribution in [3.05, 3.63) is 0 Å². The van der Waals surface area contributed by atoms with E-state index in [1.165, 1.54) is 0 Å². The summed E-state index contributed by atoms with van der Waals surface area (Å²) >= 11 is 0. The summed E-state index contributed by atoms with van der Waals surface area (Å²) in [6.45, 7) is 3.16. The van der Waals surface area contributed by atoms with E-state index >= 15 is 0 Å². The van der Waals surface area contributed by atoms with Crippen LogP contribution in [0.5, 0.6) is 0 Å². The third-order valence-corrected chi connectivity index (χ3v) is 2.54. The monoisotopic (exact) mass is 271 g/mol. The molecule has 1 aliphatic rings. The first kappa shape index (κ1) is 14.9. The van der Waals surface area contributed by atoms with Crippen LogP contribution >= 0.6 is 0 Å². The molecule has 1 rings (SSSR count). The van der Waals surface area contributed by atoms with Crippen LogP contribution in [0.3, 0.4) is 0 Å². The second-order valence-electron chi connectivity index (χ2n) is 4.80. The van der Waals surface area contributed by atoms with E-state index in [0.717, 1.165) is 4.90 Å². The summed E-state index contributed by atoms with van der Waals surface area (Å²) in [4.78, 5) is 45.8. The minimum absolute atomic E-state index is 0.109. The van der Waals surface area contributed by atoms with Gasteiger partial charge in [-0.05, 0) is 12.3 Å². The van der Waals surface area contributed by atoms with Crippen molar-refractivity contribution in [1.29, 1.82) is 0 Å². The van der Waals surface area contributed by atoms with Gasteiger partial charge in [0.05, 0.1) is 0 Å². The number of nitrogens with zero attached hydrogens (tertiary/aromatic N) is 1. The molecule has 0 bridgehead atoms. The van der Waals surface area contributed by atoms with Gasteiger partial charge in [0.2, 0.25) is 11.8 Å². The lowest BCUT2D eigenvalue weighted by molar-refractivity contribution is -0.142. The van der Waals surface area contributed by atoms with Crippen LogP contribution in [0, 0.1) is 5.92 Å². The fourth-order valence-corrected chi connectivity index (χ4v) is 1.72. The Balaban J connectivity index is 2.51. The Morgan fingerprint density at radius 1 is 1.42 bits per heavy atom. The topological polar surface area (TPSA) is 116 Å². The van der Waals surface area contributed by atoms with Gasteiger partial charge in [-0.15, -0.1) is 0 Å². The van der Waals surface area contributed by atoms with Crippen molar-refractivity contribution in [1.82, 2.24) is 15.5 Å². The molecule has 1 saturated heterocycles. The van der Waals surface area contributed by atoms with Gasteiger partial charge in [-0.3, -0.25) is 14.9 Å². The molecular formula is C11H17N3O5. The van der Waals surface area contributed by atoms with Crippen molar-refractivity contribution in [3.8, 4) is 0 Å². The van der Waals surface area contributed by atoms with E-state index in [4.69, 9.17) is 5.11 Å². The first-order chi connectivity index (χ1) is 8.79. The van der Waals surface area contributed by atoms with E-state index in [0.29, 0.717) is 6.42 Å². The lowest BCUT2D eigenvalue weighted by Gasteiger charge is -2.18. The zero-order valence-corrected chi connectivity index (χ0v) is 10.8. The molecule has 1 heterocycles. The summed E-state index contributed by atoms with van der Waals surface area (Å²) in [6, 6.07) is -1.63. The number of carbonyl (C=O) groups excluding carboxylic acids is 3. The van der Waals surface area contributed by atoms with Crippen molar-refractivity contribution >= 4 is 23.8 Å². The van der Waals surface area contributed by atoms with Gasteiger partial charge >= 0.3 is 12.0 Å². The fourth-order valence-electron chi connectivity index (χ4n) is 1.72. The maximum Gasteiger partial charge on any atom is 0.326 e. The van der Waals surface area contributed by atoms with Crippen LogP contribution in [0.2, 0.25) is 0 Å². The normalized spacial score (nSPS) is 16.5. The molecule has 1 atom stereocenters. The van der Waals surface area contributed by atoms with Crippen molar-refractivity contribution in [3.63, 3.8) is 0 Å². The number of rotatable bonds is 6. The number of urea groups is 1. The molecule has 3 N–H and O–H groups in total. The number of carboxylic acids is 1. The van der Waals surface area contributed by atoms with E-state index in [9.17, 15) is 19.2 Å². The molecule has 0 aromatic rings. The van der Waals surface area contributed by atoms with Crippen LogP contribution < -0.4 is 10.6 Å². The molecule has 8 nitrogen and oxygen atoms in total. The van der Waals surface area contributed by atoms with Crippen LogP contribution in [0.1, 0.15) is 20.3 Å². The van der Waals surface area contributed by atoms with E-state index in [1.54, 1.807) is 0 Å². The number of carboxylic acid groups (broad SMARTS) is 1. The highest BCUT2D eigenvalue weighted by Gasteiger charge is 2.29. The van der Waals surface area contributed by atoms with Crippen LogP contribution in [-0.2, 0) is 14.4 Å². The number of aliphatic carboxylic acids is 1. The van der Waals surface area contributed by atoms with E-state index in [1.807, 2.05) is 19.2 Å². The number of carbonyl (C=O) groups is 4. The van der Waals surface area contributed by atoms with Crippen LogP contribution in [0.4, 0.5) is 4.79 Å². The lowest BCUT2D eigenvalue weighted by Crippen LogP contribution is -2.46. The Hall–Kier alpha value is -2.12. The van der Waals surface area contributed by atoms with Crippen molar-refractivity contribution in [2.45, 2.75) is 26.3 Å². The minimum atomic E-state index is -1.12. The van der Waals surface area contributed by atoms with Crippen LogP contribution in [0.15, 0.2) is 0 Å². The Bertz CT molecular complexity index is 407. The minimum Gasteiger partial charge on any atom is -0.480 e. The van der Waals surface area contributed by atoms with E-state index in [2.05, 4.69) is 5.32 Å². The summed E-state index contributed by atoms with van der Waals surface area (Å²) in [5.74, 6) is -2.09. The Morgan fingerprint density at radius 3 is 2.47 bits per heavy atom. The molecular weight excluding hydrogens is 254 g/mol. The highest BCUT2D eigenvalue weighted by molar-refractivity contribution is 6.03. The maximum absolute atomic E-state index is 11.6. The zero-order valence-electron chi connectivity index (χ0n) is 10.8. The molecule has 0 radical (unpaired) electrons. The van der Waals surface area contributed by atoms with Gasteiger partial charge in [0.15, 0.2) is 0 Å². The summed E-state index contributed by atoms with van der Waals surface area (Å²) in [5, 5.41) is 13.3. The molecule has 0 aromatic carbocycles. The SMILES string of the molecule is CC(C)C[C@@H](NC(=O)CN1CC(=O)NC1=O)C(=O)O. The molecule has 0 aromatic heterocycles. The zero-order chi connectivity index (χ0) is 14.6. The summed E-state index contributed by atoms with van der Waals surface area (Å²) in [7, 11) is 0. The number of amides is 4. The Kier molecular flexibility index (Phi) is 4.85. The second kappa shape index (κ2) is 6.17. The van der Waals surface area contributed by atoms with Gasteiger partial charge in [-0.2, -0.15) is 0 Å². The summed E-state index contributed by atoms with van der Waals surface area (Å²) in [6.07, 6.45) is 0.298. The smallest absolute Gasteiger partial charge is 0.326 e. The Labute approximate surface area is 110 Å². The number of imide groups is 1. The van der Waals surface area contributed by atoms with Gasteiger partial charge in [-0.25, -0.2) is 9.59 Å². The van der Waals surface area contributed by atoms with Gasteiger partial charge in [0.1, 0.15) is 19.1 Å². The average Bonchev–Trinajstić information content (AvgIpc) is 2.55. The standard InChI is InChI=1S/C11H17N3O5/c1-6(2)3-7(10(17)18)12-8(15)4-14-5-9(16)13-11(14)19/h6-7H,3-5H2,1-2H3,(H,12,15)(H,17,18)(H,13,16,19)/t7-/m1/s1. The van der Waals surface area contributed by atoms with Gasteiger partial charge < -0.3 is 15.3 Å². The predicted molar refractivity (Wildman–Crippen MR) is 64.1 cm³/mol. The quantitative estimate of drug-likeness (QED) is 0.544. The molecule has 106 valence electrons. The van der Waals surface area contributed by atoms with Crippen molar-refractivity contribution < 1.29 is 24.3 Å². The van der Waals surface area contributed by atoms with Crippen molar-refractivity contribution in [2.75, 3.05) is 13.1 Å². The molecule has 0 saturated carbocycles. The van der Waals surface area contributed by atoms with Gasteiger partial charge in [0.25, 0.3) is 0 Å². The average molecular weight is 271 g/mol. The molecule has 0 unspecified atom stereocenters. The Morgan fingerprint density at radius 2 is 2.05 bits per heavy atom. The molecule has 8 heteroatoms. The third kappa shape index (κ3) is 4.57. The first-order valence-electron chi connectivity index (χ1n) is 5.90.